The number of hydrogen-bond donors (Lipinski definition) is 1. The van der Waals surface area contributed by atoms with E-state index in [-0.39, 0.29) is 37.7 Å². The van der Waals surface area contributed by atoms with E-state index in [4.69, 9.17) is 6.87 Å². The van der Waals surface area contributed by atoms with Crippen LogP contribution < -0.4 is 25.5 Å². The van der Waals surface area contributed by atoms with Crippen LogP contribution in [0.15, 0.2) is 0 Å². The molecule has 2 radical (unpaired) electrons. The summed E-state index contributed by atoms with van der Waals surface area (Å²) in [5.41, 5.74) is 0. The van der Waals surface area contributed by atoms with Crippen LogP contribution in [0.1, 0.15) is 0 Å². The van der Waals surface area contributed by atoms with E-state index < -0.39 is 22.0 Å². The van der Waals surface area contributed by atoms with Crippen molar-refractivity contribution in [3.05, 3.63) is 0 Å². The van der Waals surface area contributed by atoms with Gasteiger partial charge in [0.15, 0.2) is 0 Å². The number of hydrogen-bond acceptors (Lipinski definition) is 2. The molecule has 0 aromatic heterocycles. The standard InChI is InChI=1S/Ca.HIO2/c;2-1-3/h;2H. The Morgan fingerprint density at radius 3 is 1.75 bits per heavy atom. The van der Waals surface area contributed by atoms with E-state index in [1.165, 1.54) is 0 Å². The number of rotatable bonds is 0. The van der Waals surface area contributed by atoms with Gasteiger partial charge in [0.2, 0.25) is 0 Å². The molecule has 4 heavy (non-hydrogen) atoms. The maximum atomic E-state index is 8.60. The minimum absolute atomic E-state index is 0. The molecule has 0 spiro atoms. The van der Waals surface area contributed by atoms with Crippen molar-refractivity contribution < 1.29 is 28.9 Å². The SMILES string of the molecule is [Ca].[O-][I+]O. The van der Waals surface area contributed by atoms with Gasteiger partial charge < -0.3 is 3.44 Å². The van der Waals surface area contributed by atoms with Crippen molar-refractivity contribution in [3.63, 3.8) is 0 Å². The molecular formula is HCaIO2. The van der Waals surface area contributed by atoms with Gasteiger partial charge in [0, 0.05) is 37.7 Å². The predicted molar refractivity (Wildman–Crippen MR) is 7.97 cm³/mol. The Labute approximate surface area is 65.6 Å². The number of halogens is 1. The maximum absolute atomic E-state index is 8.60. The molecule has 0 saturated carbocycles. The Balaban J connectivity index is 0. The molecule has 22 valence electrons. The van der Waals surface area contributed by atoms with Crippen LogP contribution in [-0.4, -0.2) is 41.2 Å². The van der Waals surface area contributed by atoms with Crippen LogP contribution >= 0.6 is 0 Å². The molecule has 0 heterocycles. The second-order valence-corrected chi connectivity index (χ2v) is 0.463. The van der Waals surface area contributed by atoms with Gasteiger partial charge in [-0.25, -0.2) is 0 Å². The van der Waals surface area contributed by atoms with E-state index in [1.807, 2.05) is 0 Å². The average molecular weight is 200 g/mol. The van der Waals surface area contributed by atoms with Gasteiger partial charge in [0.1, 0.15) is 0 Å². The minimum Gasteiger partial charge on any atom is -0.567 e. The van der Waals surface area contributed by atoms with E-state index in [9.17, 15) is 0 Å². The molecule has 0 fully saturated rings. The van der Waals surface area contributed by atoms with Gasteiger partial charge in [0.05, 0.1) is 0 Å². The first-order valence-electron chi connectivity index (χ1n) is 0.323. The molecule has 0 aromatic rings. The molecule has 0 aliphatic rings. The molecule has 4 heteroatoms. The Bertz CT molecular complexity index is 6.00. The summed E-state index contributed by atoms with van der Waals surface area (Å²) in [5.74, 6) is 0. The third kappa shape index (κ3) is 9.08. The van der Waals surface area contributed by atoms with Gasteiger partial charge in [-0.2, -0.15) is 3.44 Å². The fraction of sp³-hybridized carbons (Fsp3) is 0. The molecule has 1 N–H and O–H groups in total. The fourth-order valence-corrected chi connectivity index (χ4v) is 0. The van der Waals surface area contributed by atoms with Gasteiger partial charge in [-0.05, 0) is 0 Å². The smallest absolute Gasteiger partial charge is 0.449 e. The van der Waals surface area contributed by atoms with Crippen LogP contribution in [-0.2, 0) is 0 Å². The Hall–Kier alpha value is 1.91. The molecular weight excluding hydrogens is 199 g/mol. The quantitative estimate of drug-likeness (QED) is 0.314. The zero-order chi connectivity index (χ0) is 2.71. The topological polar surface area (TPSA) is 43.3 Å². The van der Waals surface area contributed by atoms with Gasteiger partial charge >= 0.3 is 22.0 Å². The van der Waals surface area contributed by atoms with E-state index >= 15 is 0 Å². The van der Waals surface area contributed by atoms with Crippen molar-refractivity contribution in [3.8, 4) is 0 Å². The van der Waals surface area contributed by atoms with Gasteiger partial charge in [0.25, 0.3) is 0 Å². The van der Waals surface area contributed by atoms with Crippen molar-refractivity contribution in [2.75, 3.05) is 0 Å². The Kier molecular flexibility index (Phi) is 20.7. The molecule has 0 amide bonds. The zero-order valence-corrected chi connectivity index (χ0v) is 6.31. The first-order chi connectivity index (χ1) is 1.41. The minimum atomic E-state index is -1.66. The molecule has 0 saturated heterocycles. The van der Waals surface area contributed by atoms with E-state index in [1.54, 1.807) is 0 Å². The molecule has 0 unspecified atom stereocenters. The van der Waals surface area contributed by atoms with Crippen molar-refractivity contribution in [2.45, 2.75) is 0 Å². The predicted octanol–water partition coefficient (Wildman–Crippen LogP) is -5.12. The molecule has 0 rings (SSSR count). The van der Waals surface area contributed by atoms with Gasteiger partial charge in [-0.1, -0.05) is 0 Å². The first-order valence-corrected chi connectivity index (χ1v) is 2.17. The van der Waals surface area contributed by atoms with Crippen LogP contribution in [0.3, 0.4) is 0 Å². The molecule has 0 aliphatic carbocycles. The monoisotopic (exact) mass is 200 g/mol. The summed E-state index contributed by atoms with van der Waals surface area (Å²) in [7, 11) is 0. The summed E-state index contributed by atoms with van der Waals surface area (Å²) in [6, 6.07) is 0. The van der Waals surface area contributed by atoms with Gasteiger partial charge in [-0.3, -0.25) is 0 Å². The zero-order valence-electron chi connectivity index (χ0n) is 1.94. The largest absolute Gasteiger partial charge is 0.567 e. The van der Waals surface area contributed by atoms with Crippen LogP contribution in [0.4, 0.5) is 0 Å². The van der Waals surface area contributed by atoms with Crippen LogP contribution in [0, 0.1) is 0 Å². The summed E-state index contributed by atoms with van der Waals surface area (Å²) < 4.78 is 15.7. The summed E-state index contributed by atoms with van der Waals surface area (Å²) in [6.07, 6.45) is 0. The average Bonchev–Trinajstić information content (AvgIpc) is 0.918. The summed E-state index contributed by atoms with van der Waals surface area (Å²) >= 11 is -1.66. The van der Waals surface area contributed by atoms with E-state index in [2.05, 4.69) is 0 Å². The fourth-order valence-electron chi connectivity index (χ4n) is 0. The van der Waals surface area contributed by atoms with Crippen molar-refractivity contribution >= 4 is 37.7 Å². The third-order valence-electron chi connectivity index (χ3n) is 0. The molecule has 0 aromatic carbocycles. The molecule has 0 bridgehead atoms. The van der Waals surface area contributed by atoms with Crippen molar-refractivity contribution in [1.29, 1.82) is 0 Å². The van der Waals surface area contributed by atoms with Crippen molar-refractivity contribution in [2.24, 2.45) is 0 Å². The second kappa shape index (κ2) is 8.86. The molecule has 0 atom stereocenters. The summed E-state index contributed by atoms with van der Waals surface area (Å²) in [5, 5.41) is 0. The van der Waals surface area contributed by atoms with Crippen LogP contribution in [0.5, 0.6) is 0 Å². The van der Waals surface area contributed by atoms with E-state index in [0.717, 1.165) is 0 Å². The molecule has 2 nitrogen and oxygen atoms in total. The second-order valence-electron chi connectivity index (χ2n) is 0.0690. The first kappa shape index (κ1) is 9.32. The molecule has 0 aliphatic heterocycles. The normalized spacial score (nSPS) is 4.50. The Morgan fingerprint density at radius 2 is 1.75 bits per heavy atom. The summed E-state index contributed by atoms with van der Waals surface area (Å²) in [6.45, 7) is 0. The van der Waals surface area contributed by atoms with Crippen LogP contribution in [0.2, 0.25) is 0 Å². The van der Waals surface area contributed by atoms with Crippen molar-refractivity contribution in [1.82, 2.24) is 0 Å². The summed E-state index contributed by atoms with van der Waals surface area (Å²) in [4.78, 5) is 0. The Morgan fingerprint density at radius 1 is 1.75 bits per heavy atom. The third-order valence-corrected chi connectivity index (χ3v) is 0. The van der Waals surface area contributed by atoms with E-state index in [0.29, 0.717) is 0 Å². The maximum Gasteiger partial charge on any atom is 0.449 e. The van der Waals surface area contributed by atoms with Crippen LogP contribution in [0.25, 0.3) is 0 Å². The van der Waals surface area contributed by atoms with Gasteiger partial charge in [-0.15, -0.1) is 0 Å².